The molecule has 2 aliphatic rings. The number of hydrogen-bond donors (Lipinski definition) is 0. The standard InChI is InChI=1S/C28H23N5O/c34-26(32-14-10-24(32)19-5-2-1-3-6-19)21-16-30-27-31-17-25(33(27)18-21)28(11-12-28)22-8-9-23-20(15-22)7-4-13-29-23/h1-9,13,15-18,24H,10-12,14H2. The van der Waals surface area contributed by atoms with Gasteiger partial charge in [0.1, 0.15) is 0 Å². The monoisotopic (exact) mass is 445 g/mol. The van der Waals surface area contributed by atoms with Crippen LogP contribution in [0.5, 0.6) is 0 Å². The van der Waals surface area contributed by atoms with Gasteiger partial charge in [-0.05, 0) is 48.6 Å². The summed E-state index contributed by atoms with van der Waals surface area (Å²) in [6.45, 7) is 0.766. The Balaban J connectivity index is 1.25. The number of aromatic nitrogens is 4. The van der Waals surface area contributed by atoms with Gasteiger partial charge >= 0.3 is 0 Å². The highest BCUT2D eigenvalue weighted by Crippen LogP contribution is 2.53. The van der Waals surface area contributed by atoms with Crippen LogP contribution < -0.4 is 0 Å². The van der Waals surface area contributed by atoms with Crippen molar-refractivity contribution in [1.29, 1.82) is 0 Å². The summed E-state index contributed by atoms with van der Waals surface area (Å²) in [5, 5.41) is 1.14. The van der Waals surface area contributed by atoms with Crippen LogP contribution in [0.3, 0.4) is 0 Å². The molecule has 1 saturated carbocycles. The number of carbonyl (C=O) groups is 1. The van der Waals surface area contributed by atoms with Gasteiger partial charge in [-0.2, -0.15) is 0 Å². The maximum atomic E-state index is 13.4. The Hall–Kier alpha value is -4.06. The zero-order valence-corrected chi connectivity index (χ0v) is 18.6. The SMILES string of the molecule is O=C(c1cnc2ncc(C3(c4ccc5ncccc5c4)CC3)n2c1)N1CCC1c1ccccc1. The highest BCUT2D eigenvalue weighted by Gasteiger charge is 2.48. The fourth-order valence-corrected chi connectivity index (χ4v) is 5.35. The van der Waals surface area contributed by atoms with Gasteiger partial charge in [0.25, 0.3) is 5.91 Å². The minimum Gasteiger partial charge on any atom is -0.331 e. The number of imidazole rings is 1. The summed E-state index contributed by atoms with van der Waals surface area (Å²) in [7, 11) is 0. The molecule has 3 aromatic heterocycles. The molecule has 34 heavy (non-hydrogen) atoms. The van der Waals surface area contributed by atoms with E-state index >= 15 is 0 Å². The number of amides is 1. The van der Waals surface area contributed by atoms with Crippen LogP contribution in [0.15, 0.2) is 85.5 Å². The third kappa shape index (κ3) is 2.88. The number of rotatable bonds is 4. The van der Waals surface area contributed by atoms with Gasteiger partial charge in [-0.3, -0.25) is 14.2 Å². The van der Waals surface area contributed by atoms with E-state index in [1.54, 1.807) is 6.20 Å². The van der Waals surface area contributed by atoms with E-state index in [2.05, 4.69) is 51.4 Å². The minimum absolute atomic E-state index is 0.0239. The Morgan fingerprint density at radius 3 is 2.59 bits per heavy atom. The van der Waals surface area contributed by atoms with Crippen molar-refractivity contribution >= 4 is 22.6 Å². The highest BCUT2D eigenvalue weighted by molar-refractivity contribution is 5.94. The summed E-state index contributed by atoms with van der Waals surface area (Å²) in [5.41, 5.74) is 5.04. The van der Waals surface area contributed by atoms with Crippen LogP contribution in [0.1, 0.15) is 52.5 Å². The van der Waals surface area contributed by atoms with Gasteiger partial charge < -0.3 is 4.90 Å². The first-order valence-corrected chi connectivity index (χ1v) is 11.8. The third-order valence-corrected chi connectivity index (χ3v) is 7.47. The number of fused-ring (bicyclic) bond motifs is 2. The number of pyridine rings is 1. The number of likely N-dealkylation sites (tertiary alicyclic amines) is 1. The van der Waals surface area contributed by atoms with Crippen LogP contribution in [0, 0.1) is 0 Å². The topological polar surface area (TPSA) is 63.4 Å². The molecule has 1 unspecified atom stereocenters. The zero-order chi connectivity index (χ0) is 22.7. The van der Waals surface area contributed by atoms with Gasteiger partial charge in [-0.25, -0.2) is 9.97 Å². The Morgan fingerprint density at radius 1 is 0.941 bits per heavy atom. The molecule has 0 bridgehead atoms. The first-order chi connectivity index (χ1) is 16.7. The second kappa shape index (κ2) is 7.22. The van der Waals surface area contributed by atoms with Crippen molar-refractivity contribution in [3.63, 3.8) is 0 Å². The van der Waals surface area contributed by atoms with Crippen LogP contribution in [0.2, 0.25) is 0 Å². The predicted octanol–water partition coefficient (Wildman–Crippen LogP) is 4.94. The molecule has 2 aromatic carbocycles. The Bertz CT molecular complexity index is 1550. The lowest BCUT2D eigenvalue weighted by molar-refractivity contribution is 0.0459. The normalized spacial score (nSPS) is 18.7. The highest BCUT2D eigenvalue weighted by atomic mass is 16.2. The predicted molar refractivity (Wildman–Crippen MR) is 130 cm³/mol. The molecule has 4 heterocycles. The van der Waals surface area contributed by atoms with Crippen molar-refractivity contribution in [2.75, 3.05) is 6.54 Å². The maximum Gasteiger partial charge on any atom is 0.257 e. The molecule has 1 amide bonds. The first-order valence-electron chi connectivity index (χ1n) is 11.8. The van der Waals surface area contributed by atoms with Gasteiger partial charge in [0.05, 0.1) is 29.0 Å². The van der Waals surface area contributed by atoms with Crippen LogP contribution in [-0.2, 0) is 5.41 Å². The van der Waals surface area contributed by atoms with E-state index in [-0.39, 0.29) is 17.4 Å². The van der Waals surface area contributed by atoms with Gasteiger partial charge in [-0.1, -0.05) is 42.5 Å². The molecule has 0 spiro atoms. The second-order valence-corrected chi connectivity index (χ2v) is 9.36. The minimum atomic E-state index is -0.101. The van der Waals surface area contributed by atoms with E-state index in [4.69, 9.17) is 0 Å². The Morgan fingerprint density at radius 2 is 1.79 bits per heavy atom. The number of benzene rings is 2. The summed E-state index contributed by atoms with van der Waals surface area (Å²) < 4.78 is 2.02. The quantitative estimate of drug-likeness (QED) is 0.393. The molecule has 6 nitrogen and oxygen atoms in total. The van der Waals surface area contributed by atoms with Gasteiger partial charge in [-0.15, -0.1) is 0 Å². The first kappa shape index (κ1) is 19.4. The van der Waals surface area contributed by atoms with Crippen LogP contribution in [-0.4, -0.2) is 36.7 Å². The van der Waals surface area contributed by atoms with E-state index in [0.717, 1.165) is 42.4 Å². The van der Waals surface area contributed by atoms with E-state index in [9.17, 15) is 4.79 Å². The molecule has 1 saturated heterocycles. The average Bonchev–Trinajstić information content (AvgIpc) is 3.55. The largest absolute Gasteiger partial charge is 0.331 e. The molecule has 2 fully saturated rings. The molecule has 166 valence electrons. The lowest BCUT2D eigenvalue weighted by atomic mass is 9.91. The second-order valence-electron chi connectivity index (χ2n) is 9.36. The van der Waals surface area contributed by atoms with Crippen LogP contribution in [0.4, 0.5) is 0 Å². The smallest absolute Gasteiger partial charge is 0.257 e. The van der Waals surface area contributed by atoms with Crippen molar-refractivity contribution in [3.8, 4) is 0 Å². The number of nitrogens with zero attached hydrogens (tertiary/aromatic N) is 5. The fourth-order valence-electron chi connectivity index (χ4n) is 5.35. The van der Waals surface area contributed by atoms with Gasteiger partial charge in [0, 0.05) is 35.9 Å². The molecule has 0 radical (unpaired) electrons. The lowest BCUT2D eigenvalue weighted by Crippen LogP contribution is -2.45. The molecular formula is C28H23N5O. The molecule has 1 aliphatic heterocycles. The third-order valence-electron chi connectivity index (χ3n) is 7.47. The van der Waals surface area contributed by atoms with Crippen molar-refractivity contribution in [1.82, 2.24) is 24.3 Å². The summed E-state index contributed by atoms with van der Waals surface area (Å²) in [6.07, 6.45) is 10.4. The maximum absolute atomic E-state index is 13.4. The van der Waals surface area contributed by atoms with Gasteiger partial charge in [0.15, 0.2) is 0 Å². The number of carbonyl (C=O) groups excluding carboxylic acids is 1. The fraction of sp³-hybridized carbons (Fsp3) is 0.214. The van der Waals surface area contributed by atoms with E-state index in [0.29, 0.717) is 11.3 Å². The van der Waals surface area contributed by atoms with Crippen molar-refractivity contribution < 1.29 is 4.79 Å². The molecule has 1 aliphatic carbocycles. The zero-order valence-electron chi connectivity index (χ0n) is 18.6. The van der Waals surface area contributed by atoms with Gasteiger partial charge in [0.2, 0.25) is 5.78 Å². The molecule has 7 rings (SSSR count). The summed E-state index contributed by atoms with van der Waals surface area (Å²) >= 11 is 0. The average molecular weight is 446 g/mol. The van der Waals surface area contributed by atoms with E-state index in [1.807, 2.05) is 52.2 Å². The number of hydrogen-bond acceptors (Lipinski definition) is 4. The van der Waals surface area contributed by atoms with E-state index < -0.39 is 0 Å². The summed E-state index contributed by atoms with van der Waals surface area (Å²) in [4.78, 5) is 28.9. The molecule has 0 N–H and O–H groups in total. The molecule has 1 atom stereocenters. The van der Waals surface area contributed by atoms with Crippen molar-refractivity contribution in [2.24, 2.45) is 0 Å². The van der Waals surface area contributed by atoms with Crippen molar-refractivity contribution in [2.45, 2.75) is 30.7 Å². The molecular weight excluding hydrogens is 422 g/mol. The van der Waals surface area contributed by atoms with E-state index in [1.165, 1.54) is 11.1 Å². The van der Waals surface area contributed by atoms with Crippen LogP contribution in [0.25, 0.3) is 16.7 Å². The van der Waals surface area contributed by atoms with Crippen molar-refractivity contribution in [3.05, 3.63) is 108 Å². The summed E-state index contributed by atoms with van der Waals surface area (Å²) in [6, 6.07) is 21.0. The molecule has 6 heteroatoms. The van der Waals surface area contributed by atoms with Crippen LogP contribution >= 0.6 is 0 Å². The lowest BCUT2D eigenvalue weighted by Gasteiger charge is -2.41. The Kier molecular flexibility index (Phi) is 4.12. The molecule has 5 aromatic rings. The Labute approximate surface area is 196 Å². The summed E-state index contributed by atoms with van der Waals surface area (Å²) in [5.74, 6) is 0.652.